The number of rotatable bonds is 0. The van der Waals surface area contributed by atoms with E-state index < -0.39 is 0 Å². The molecule has 0 bridgehead atoms. The lowest BCUT2D eigenvalue weighted by molar-refractivity contribution is 0.100. The largest absolute Gasteiger partial charge is 0.378 e. The predicted octanol–water partition coefficient (Wildman–Crippen LogP) is 2.41. The van der Waals surface area contributed by atoms with Gasteiger partial charge in [0.05, 0.1) is 25.4 Å². The van der Waals surface area contributed by atoms with Gasteiger partial charge in [-0.2, -0.15) is 0 Å². The Morgan fingerprint density at radius 3 is 1.62 bits per heavy atom. The first kappa shape index (κ1) is 10.5. The summed E-state index contributed by atoms with van der Waals surface area (Å²) in [5, 5.41) is 0. The van der Waals surface area contributed by atoms with E-state index in [1.54, 1.807) is 0 Å². The summed E-state index contributed by atoms with van der Waals surface area (Å²) in [6.45, 7) is 14.5. The fourth-order valence-electron chi connectivity index (χ4n) is 3.93. The average molecular weight is 220 g/mol. The lowest BCUT2D eigenvalue weighted by Crippen LogP contribution is -2.38. The van der Waals surface area contributed by atoms with Crippen LogP contribution in [0, 0.1) is 23.7 Å². The Bertz CT molecular complexity index is 313. The van der Waals surface area contributed by atoms with Gasteiger partial charge in [0.15, 0.2) is 0 Å². The molecule has 2 aliphatic heterocycles. The summed E-state index contributed by atoms with van der Waals surface area (Å²) in [7, 11) is 0. The molecule has 2 nitrogen and oxygen atoms in total. The molecule has 3 fully saturated rings. The molecule has 88 valence electrons. The summed E-state index contributed by atoms with van der Waals surface area (Å²) < 4.78 is 11.6. The molecule has 1 aliphatic carbocycles. The first-order chi connectivity index (χ1) is 7.61. The van der Waals surface area contributed by atoms with Crippen LogP contribution in [0.3, 0.4) is 0 Å². The highest BCUT2D eigenvalue weighted by molar-refractivity contribution is 5.37. The first-order valence-electron chi connectivity index (χ1n) is 6.22. The van der Waals surface area contributed by atoms with Crippen LogP contribution in [0.4, 0.5) is 0 Å². The molecule has 0 N–H and O–H groups in total. The fraction of sp³-hybridized carbons (Fsp3) is 0.714. The Kier molecular flexibility index (Phi) is 2.27. The van der Waals surface area contributed by atoms with Crippen molar-refractivity contribution in [2.24, 2.45) is 23.7 Å². The van der Waals surface area contributed by atoms with E-state index in [-0.39, 0.29) is 0 Å². The summed E-state index contributed by atoms with van der Waals surface area (Å²) in [5.74, 6) is 2.15. The van der Waals surface area contributed by atoms with Crippen LogP contribution in [0.5, 0.6) is 0 Å². The van der Waals surface area contributed by atoms with Crippen LogP contribution in [-0.4, -0.2) is 25.4 Å². The van der Waals surface area contributed by atoms with E-state index in [9.17, 15) is 0 Å². The SMILES string of the molecule is C=C1C(=C)[C@H]2[C@@H](CO[C@H]2C)[C@@H]2CO[C@@H](C)[C@H]12. The molecule has 0 aromatic carbocycles. The quantitative estimate of drug-likeness (QED) is 0.624. The summed E-state index contributed by atoms with van der Waals surface area (Å²) in [5.41, 5.74) is 2.43. The zero-order valence-electron chi connectivity index (χ0n) is 10.1. The third-order valence-corrected chi connectivity index (χ3v) is 4.80. The smallest absolute Gasteiger partial charge is 0.0619 e. The molecule has 1 saturated carbocycles. The number of hydrogen-bond acceptors (Lipinski definition) is 2. The van der Waals surface area contributed by atoms with E-state index in [1.807, 2.05) is 0 Å². The standard InChI is InChI=1S/C14H20O2/c1-7-8(2)14-10(4)16-6-12(14)11-5-15-9(3)13(7)11/h9-14H,1-2,5-6H2,3-4H3/t9-,10-,11-,12-,13-,14+/m0/s1. The van der Waals surface area contributed by atoms with Crippen LogP contribution >= 0.6 is 0 Å². The minimum atomic E-state index is 0.297. The lowest BCUT2D eigenvalue weighted by Gasteiger charge is -2.39. The molecule has 3 aliphatic rings. The van der Waals surface area contributed by atoms with Gasteiger partial charge in [-0.05, 0) is 36.8 Å². The molecular formula is C14H20O2. The molecule has 2 saturated heterocycles. The fourth-order valence-corrected chi connectivity index (χ4v) is 3.93. The highest BCUT2D eigenvalue weighted by atomic mass is 16.5. The Balaban J connectivity index is 1.98. The molecule has 0 amide bonds. The molecule has 16 heavy (non-hydrogen) atoms. The second-order valence-corrected chi connectivity index (χ2v) is 5.51. The summed E-state index contributed by atoms with van der Waals surface area (Å²) >= 11 is 0. The third kappa shape index (κ3) is 1.20. The van der Waals surface area contributed by atoms with Crippen molar-refractivity contribution in [2.75, 3.05) is 13.2 Å². The maximum atomic E-state index is 5.80. The van der Waals surface area contributed by atoms with Gasteiger partial charge in [0.25, 0.3) is 0 Å². The third-order valence-electron chi connectivity index (χ3n) is 4.80. The highest BCUT2D eigenvalue weighted by Crippen LogP contribution is 2.53. The normalized spacial score (nSPS) is 51.6. The average Bonchev–Trinajstić information content (AvgIpc) is 2.79. The number of hydrogen-bond donors (Lipinski definition) is 0. The summed E-state index contributed by atoms with van der Waals surface area (Å²) in [6.07, 6.45) is 0.595. The zero-order chi connectivity index (χ0) is 11.4. The van der Waals surface area contributed by atoms with Crippen LogP contribution in [0.15, 0.2) is 24.3 Å². The molecule has 3 rings (SSSR count). The predicted molar refractivity (Wildman–Crippen MR) is 63.1 cm³/mol. The zero-order valence-corrected chi connectivity index (χ0v) is 10.1. The second-order valence-electron chi connectivity index (χ2n) is 5.51. The van der Waals surface area contributed by atoms with Gasteiger partial charge >= 0.3 is 0 Å². The van der Waals surface area contributed by atoms with Crippen molar-refractivity contribution in [2.45, 2.75) is 26.1 Å². The maximum absolute atomic E-state index is 5.80. The van der Waals surface area contributed by atoms with Gasteiger partial charge in [-0.1, -0.05) is 13.2 Å². The van der Waals surface area contributed by atoms with E-state index in [4.69, 9.17) is 9.47 Å². The van der Waals surface area contributed by atoms with Gasteiger partial charge in [-0.3, -0.25) is 0 Å². The Hall–Kier alpha value is -0.600. The first-order valence-corrected chi connectivity index (χ1v) is 6.22. The molecular weight excluding hydrogens is 200 g/mol. The highest BCUT2D eigenvalue weighted by Gasteiger charge is 2.53. The van der Waals surface area contributed by atoms with Gasteiger partial charge in [-0.25, -0.2) is 0 Å². The van der Waals surface area contributed by atoms with Crippen molar-refractivity contribution in [1.82, 2.24) is 0 Å². The van der Waals surface area contributed by atoms with Crippen LogP contribution in [-0.2, 0) is 9.47 Å². The van der Waals surface area contributed by atoms with Crippen LogP contribution in [0.25, 0.3) is 0 Å². The van der Waals surface area contributed by atoms with Gasteiger partial charge < -0.3 is 9.47 Å². The van der Waals surface area contributed by atoms with E-state index >= 15 is 0 Å². The monoisotopic (exact) mass is 220 g/mol. The van der Waals surface area contributed by atoms with Crippen molar-refractivity contribution in [3.63, 3.8) is 0 Å². The molecule has 0 unspecified atom stereocenters. The summed E-state index contributed by atoms with van der Waals surface area (Å²) in [6, 6.07) is 0. The minimum absolute atomic E-state index is 0.297. The van der Waals surface area contributed by atoms with Crippen LogP contribution < -0.4 is 0 Å². The van der Waals surface area contributed by atoms with Gasteiger partial charge in [0, 0.05) is 11.8 Å². The Labute approximate surface area is 97.3 Å². The maximum Gasteiger partial charge on any atom is 0.0619 e. The Morgan fingerprint density at radius 2 is 1.25 bits per heavy atom. The van der Waals surface area contributed by atoms with E-state index in [1.165, 1.54) is 11.1 Å². The van der Waals surface area contributed by atoms with E-state index in [0.717, 1.165) is 13.2 Å². The molecule has 0 spiro atoms. The molecule has 0 aromatic heterocycles. The molecule has 2 heterocycles. The molecule has 6 atom stereocenters. The van der Waals surface area contributed by atoms with Crippen molar-refractivity contribution in [1.29, 1.82) is 0 Å². The molecule has 0 radical (unpaired) electrons. The van der Waals surface area contributed by atoms with Crippen LogP contribution in [0.2, 0.25) is 0 Å². The molecule has 2 heteroatoms. The van der Waals surface area contributed by atoms with Gasteiger partial charge in [0.2, 0.25) is 0 Å². The van der Waals surface area contributed by atoms with E-state index in [2.05, 4.69) is 27.0 Å². The number of fused-ring (bicyclic) bond motifs is 3. The van der Waals surface area contributed by atoms with Gasteiger partial charge in [-0.15, -0.1) is 0 Å². The number of ether oxygens (including phenoxy) is 2. The lowest BCUT2D eigenvalue weighted by atomic mass is 9.62. The summed E-state index contributed by atoms with van der Waals surface area (Å²) in [4.78, 5) is 0. The van der Waals surface area contributed by atoms with Crippen molar-refractivity contribution >= 4 is 0 Å². The molecule has 0 aromatic rings. The van der Waals surface area contributed by atoms with Gasteiger partial charge in [0.1, 0.15) is 0 Å². The topological polar surface area (TPSA) is 18.5 Å². The van der Waals surface area contributed by atoms with Crippen LogP contribution in [0.1, 0.15) is 13.8 Å². The van der Waals surface area contributed by atoms with Crippen molar-refractivity contribution in [3.05, 3.63) is 24.3 Å². The van der Waals surface area contributed by atoms with Crippen molar-refractivity contribution in [3.8, 4) is 0 Å². The second kappa shape index (κ2) is 3.44. The van der Waals surface area contributed by atoms with Crippen molar-refractivity contribution < 1.29 is 9.47 Å². The van der Waals surface area contributed by atoms with E-state index in [0.29, 0.717) is 35.9 Å². The Morgan fingerprint density at radius 1 is 0.875 bits per heavy atom. The minimum Gasteiger partial charge on any atom is -0.378 e.